The Labute approximate surface area is 142 Å². The Morgan fingerprint density at radius 3 is 2.43 bits per heavy atom. The van der Waals surface area contributed by atoms with Crippen LogP contribution in [-0.4, -0.2) is 18.0 Å². The maximum atomic E-state index is 11.9. The van der Waals surface area contributed by atoms with Crippen LogP contribution in [0.15, 0.2) is 50.6 Å². The summed E-state index contributed by atoms with van der Waals surface area (Å²) < 4.78 is 5.81. The summed E-state index contributed by atoms with van der Waals surface area (Å²) in [5, 5.41) is 6.57. The molecular weight excluding hydrogens is 362 g/mol. The molecular formula is C16H16BrN3O3. The van der Waals surface area contributed by atoms with Crippen molar-refractivity contribution in [1.29, 1.82) is 0 Å². The maximum absolute atomic E-state index is 11.9. The fraction of sp³-hybridized carbons (Fsp3) is 0.188. The first-order valence-electron chi connectivity index (χ1n) is 6.95. The maximum Gasteiger partial charge on any atom is 0.271 e. The van der Waals surface area contributed by atoms with Gasteiger partial charge in [0.2, 0.25) is 5.91 Å². The van der Waals surface area contributed by atoms with Crippen molar-refractivity contribution < 1.29 is 14.0 Å². The van der Waals surface area contributed by atoms with E-state index in [-0.39, 0.29) is 17.7 Å². The molecule has 0 saturated carbocycles. The van der Waals surface area contributed by atoms with Gasteiger partial charge in [-0.1, -0.05) is 13.8 Å². The number of hydrogen-bond donors (Lipinski definition) is 2. The van der Waals surface area contributed by atoms with Crippen molar-refractivity contribution >= 4 is 39.6 Å². The highest BCUT2D eigenvalue weighted by molar-refractivity contribution is 9.10. The molecule has 1 aromatic heterocycles. The summed E-state index contributed by atoms with van der Waals surface area (Å²) in [7, 11) is 0. The van der Waals surface area contributed by atoms with Crippen molar-refractivity contribution in [3.8, 4) is 0 Å². The number of hydrogen-bond acceptors (Lipinski definition) is 4. The highest BCUT2D eigenvalue weighted by Gasteiger charge is 2.08. The molecule has 1 aromatic carbocycles. The number of rotatable bonds is 5. The topological polar surface area (TPSA) is 83.7 Å². The van der Waals surface area contributed by atoms with Gasteiger partial charge >= 0.3 is 0 Å². The van der Waals surface area contributed by atoms with Crippen molar-refractivity contribution in [1.82, 2.24) is 5.43 Å². The van der Waals surface area contributed by atoms with E-state index in [9.17, 15) is 9.59 Å². The second kappa shape index (κ2) is 7.73. The molecule has 2 aromatic rings. The molecule has 0 aliphatic carbocycles. The third kappa shape index (κ3) is 5.07. The number of halogens is 1. The average molecular weight is 378 g/mol. The predicted octanol–water partition coefficient (Wildman–Crippen LogP) is 3.40. The summed E-state index contributed by atoms with van der Waals surface area (Å²) in [6, 6.07) is 10.0. The molecule has 0 aliphatic heterocycles. The summed E-state index contributed by atoms with van der Waals surface area (Å²) in [4.78, 5) is 23.5. The number of benzene rings is 1. The van der Waals surface area contributed by atoms with E-state index in [0.29, 0.717) is 21.7 Å². The Morgan fingerprint density at radius 2 is 1.87 bits per heavy atom. The van der Waals surface area contributed by atoms with E-state index < -0.39 is 0 Å². The number of nitrogens with zero attached hydrogens (tertiary/aromatic N) is 1. The van der Waals surface area contributed by atoms with E-state index in [4.69, 9.17) is 4.42 Å². The van der Waals surface area contributed by atoms with E-state index in [1.165, 1.54) is 6.21 Å². The van der Waals surface area contributed by atoms with Gasteiger partial charge in [-0.2, -0.15) is 5.10 Å². The molecule has 120 valence electrons. The first-order valence-corrected chi connectivity index (χ1v) is 7.74. The van der Waals surface area contributed by atoms with Crippen LogP contribution in [0.2, 0.25) is 0 Å². The molecule has 0 saturated heterocycles. The summed E-state index contributed by atoms with van der Waals surface area (Å²) >= 11 is 3.18. The second-order valence-electron chi connectivity index (χ2n) is 5.06. The summed E-state index contributed by atoms with van der Waals surface area (Å²) in [5.41, 5.74) is 3.48. The molecule has 0 atom stereocenters. The van der Waals surface area contributed by atoms with Crippen molar-refractivity contribution in [2.24, 2.45) is 11.0 Å². The minimum absolute atomic E-state index is 0.0728. The van der Waals surface area contributed by atoms with Crippen LogP contribution in [0.3, 0.4) is 0 Å². The lowest BCUT2D eigenvalue weighted by Crippen LogP contribution is -2.19. The number of hydrazone groups is 1. The number of furan rings is 1. The molecule has 2 rings (SSSR count). The number of carbonyl (C=O) groups excluding carboxylic acids is 2. The zero-order chi connectivity index (χ0) is 16.8. The number of nitrogens with one attached hydrogen (secondary N) is 2. The van der Waals surface area contributed by atoms with Crippen LogP contribution in [-0.2, 0) is 4.79 Å². The van der Waals surface area contributed by atoms with Gasteiger partial charge < -0.3 is 9.73 Å². The van der Waals surface area contributed by atoms with E-state index >= 15 is 0 Å². The van der Waals surface area contributed by atoms with Gasteiger partial charge in [0, 0.05) is 17.2 Å². The fourth-order valence-electron chi connectivity index (χ4n) is 1.61. The van der Waals surface area contributed by atoms with Crippen LogP contribution >= 0.6 is 15.9 Å². The van der Waals surface area contributed by atoms with Crippen LogP contribution in [0, 0.1) is 5.92 Å². The van der Waals surface area contributed by atoms with Gasteiger partial charge in [0.25, 0.3) is 5.91 Å². The second-order valence-corrected chi connectivity index (χ2v) is 5.84. The van der Waals surface area contributed by atoms with E-state index in [2.05, 4.69) is 31.8 Å². The molecule has 0 fully saturated rings. The van der Waals surface area contributed by atoms with Crippen LogP contribution < -0.4 is 10.7 Å². The van der Waals surface area contributed by atoms with Gasteiger partial charge in [-0.05, 0) is 52.3 Å². The molecule has 23 heavy (non-hydrogen) atoms. The monoisotopic (exact) mass is 377 g/mol. The third-order valence-corrected chi connectivity index (χ3v) is 3.32. The summed E-state index contributed by atoms with van der Waals surface area (Å²) in [6.45, 7) is 3.62. The van der Waals surface area contributed by atoms with Crippen molar-refractivity contribution in [3.05, 3.63) is 52.4 Å². The largest absolute Gasteiger partial charge is 0.448 e. The van der Waals surface area contributed by atoms with E-state index in [1.807, 2.05) is 13.8 Å². The van der Waals surface area contributed by atoms with E-state index in [1.54, 1.807) is 36.4 Å². The third-order valence-electron chi connectivity index (χ3n) is 2.89. The first-order chi connectivity index (χ1) is 11.0. The molecule has 0 spiro atoms. The van der Waals surface area contributed by atoms with Gasteiger partial charge in [0.15, 0.2) is 4.67 Å². The number of anilines is 1. The van der Waals surface area contributed by atoms with Gasteiger partial charge in [-0.3, -0.25) is 9.59 Å². The zero-order valence-electron chi connectivity index (χ0n) is 12.7. The molecule has 7 heteroatoms. The number of carbonyl (C=O) groups is 2. The van der Waals surface area contributed by atoms with Gasteiger partial charge in [0.05, 0.1) is 6.21 Å². The SMILES string of the molecule is CC(C)C(=O)Nc1ccc(C(=O)N/N=C/c2ccc(Br)o2)cc1. The Kier molecular flexibility index (Phi) is 5.70. The molecule has 0 bridgehead atoms. The molecule has 0 aliphatic rings. The molecule has 2 amide bonds. The first kappa shape index (κ1) is 17.0. The molecule has 0 unspecified atom stereocenters. The fourth-order valence-corrected chi connectivity index (χ4v) is 1.93. The quantitative estimate of drug-likeness (QED) is 0.618. The molecule has 0 radical (unpaired) electrons. The standard InChI is InChI=1S/C16H16BrN3O3/c1-10(2)15(21)19-12-5-3-11(4-6-12)16(22)20-18-9-13-7-8-14(17)23-13/h3-10H,1-2H3,(H,19,21)(H,20,22)/b18-9+. The van der Waals surface area contributed by atoms with Gasteiger partial charge in [0.1, 0.15) is 5.76 Å². The number of amides is 2. The Morgan fingerprint density at radius 1 is 1.17 bits per heavy atom. The smallest absolute Gasteiger partial charge is 0.271 e. The van der Waals surface area contributed by atoms with Crippen LogP contribution in [0.25, 0.3) is 0 Å². The normalized spacial score (nSPS) is 11.0. The summed E-state index contributed by atoms with van der Waals surface area (Å²) in [5.74, 6) is -0.0112. The molecule has 6 nitrogen and oxygen atoms in total. The van der Waals surface area contributed by atoms with Gasteiger partial charge in [-0.15, -0.1) is 0 Å². The lowest BCUT2D eigenvalue weighted by atomic mass is 10.1. The van der Waals surface area contributed by atoms with Crippen molar-refractivity contribution in [3.63, 3.8) is 0 Å². The van der Waals surface area contributed by atoms with Crippen LogP contribution in [0.4, 0.5) is 5.69 Å². The van der Waals surface area contributed by atoms with Crippen molar-refractivity contribution in [2.45, 2.75) is 13.8 Å². The summed E-state index contributed by atoms with van der Waals surface area (Å²) in [6.07, 6.45) is 1.40. The van der Waals surface area contributed by atoms with Crippen LogP contribution in [0.5, 0.6) is 0 Å². The lowest BCUT2D eigenvalue weighted by molar-refractivity contribution is -0.118. The Balaban J connectivity index is 1.92. The molecule has 1 heterocycles. The minimum Gasteiger partial charge on any atom is -0.448 e. The van der Waals surface area contributed by atoms with E-state index in [0.717, 1.165) is 0 Å². The molecule has 2 N–H and O–H groups in total. The lowest BCUT2D eigenvalue weighted by Gasteiger charge is -2.08. The van der Waals surface area contributed by atoms with Gasteiger partial charge in [-0.25, -0.2) is 5.43 Å². The van der Waals surface area contributed by atoms with Crippen molar-refractivity contribution in [2.75, 3.05) is 5.32 Å². The minimum atomic E-state index is -0.353. The highest BCUT2D eigenvalue weighted by Crippen LogP contribution is 2.12. The Bertz CT molecular complexity index is 720. The highest BCUT2D eigenvalue weighted by atomic mass is 79.9. The zero-order valence-corrected chi connectivity index (χ0v) is 14.3. The predicted molar refractivity (Wildman–Crippen MR) is 91.4 cm³/mol. The average Bonchev–Trinajstić information content (AvgIpc) is 2.93. The Hall–Kier alpha value is -2.41. The van der Waals surface area contributed by atoms with Crippen LogP contribution in [0.1, 0.15) is 30.0 Å².